The third-order valence-electron chi connectivity index (χ3n) is 2.35. The highest BCUT2D eigenvalue weighted by molar-refractivity contribution is 6.18. The van der Waals surface area contributed by atoms with E-state index in [0.717, 1.165) is 13.0 Å². The summed E-state index contributed by atoms with van der Waals surface area (Å²) in [6.45, 7) is 0.933. The van der Waals surface area contributed by atoms with Crippen LogP contribution in [0.1, 0.15) is 12.8 Å². The van der Waals surface area contributed by atoms with Gasteiger partial charge in [-0.3, -0.25) is 0 Å². The summed E-state index contributed by atoms with van der Waals surface area (Å²) in [5.41, 5.74) is 0. The molecule has 0 aromatic carbocycles. The third kappa shape index (κ3) is 6.23. The number of ether oxygens (including phenoxy) is 2. The first-order chi connectivity index (χ1) is 7.65. The maximum atomic E-state index is 9.53. The van der Waals surface area contributed by atoms with Crippen molar-refractivity contribution in [3.05, 3.63) is 0 Å². The van der Waals surface area contributed by atoms with Crippen molar-refractivity contribution in [2.24, 2.45) is 0 Å². The molecule has 0 saturated carbocycles. The summed E-state index contributed by atoms with van der Waals surface area (Å²) in [5, 5.41) is 18.7. The molecule has 1 saturated heterocycles. The number of aliphatic hydroxyl groups is 2. The molecule has 0 aromatic heterocycles. The van der Waals surface area contributed by atoms with E-state index in [4.69, 9.17) is 32.7 Å². The minimum absolute atomic E-state index is 0.100. The Morgan fingerprint density at radius 1 is 1.25 bits per heavy atom. The summed E-state index contributed by atoms with van der Waals surface area (Å²) < 4.78 is 10.5. The average molecular weight is 273 g/mol. The lowest BCUT2D eigenvalue weighted by molar-refractivity contribution is -0.0213. The lowest BCUT2D eigenvalue weighted by atomic mass is 10.2. The Morgan fingerprint density at radius 3 is 2.44 bits per heavy atom. The summed E-state index contributed by atoms with van der Waals surface area (Å²) in [5.74, 6) is 0.497. The molecule has 2 N–H and O–H groups in total. The van der Waals surface area contributed by atoms with Crippen molar-refractivity contribution >= 4 is 23.2 Å². The molecule has 16 heavy (non-hydrogen) atoms. The highest BCUT2D eigenvalue weighted by atomic mass is 35.5. The van der Waals surface area contributed by atoms with Gasteiger partial charge < -0.3 is 19.7 Å². The van der Waals surface area contributed by atoms with Crippen LogP contribution in [-0.4, -0.2) is 59.6 Å². The van der Waals surface area contributed by atoms with Crippen molar-refractivity contribution in [3.8, 4) is 0 Å². The van der Waals surface area contributed by atoms with Crippen molar-refractivity contribution in [1.82, 2.24) is 0 Å². The lowest BCUT2D eigenvalue weighted by Gasteiger charge is -2.18. The minimum Gasteiger partial charge on any atom is -0.392 e. The molecule has 1 rings (SSSR count). The van der Waals surface area contributed by atoms with Gasteiger partial charge in [0.25, 0.3) is 0 Å². The first kappa shape index (κ1) is 14.5. The van der Waals surface area contributed by atoms with Gasteiger partial charge in [-0.25, -0.2) is 0 Å². The maximum absolute atomic E-state index is 9.53. The number of aliphatic hydroxyl groups excluding tert-OH is 2. The molecule has 0 radical (unpaired) electrons. The van der Waals surface area contributed by atoms with Gasteiger partial charge in [-0.15, -0.1) is 23.2 Å². The van der Waals surface area contributed by atoms with Crippen molar-refractivity contribution in [2.75, 3.05) is 25.0 Å². The molecule has 4 nitrogen and oxygen atoms in total. The normalized spacial score (nSPS) is 25.1. The number of halogens is 2. The molecular weight excluding hydrogens is 255 g/mol. The Hall–Kier alpha value is 0.420. The van der Waals surface area contributed by atoms with E-state index in [9.17, 15) is 10.2 Å². The minimum atomic E-state index is -0.709. The van der Waals surface area contributed by atoms with Crippen molar-refractivity contribution < 1.29 is 19.7 Å². The predicted molar refractivity (Wildman–Crippen MR) is 62.2 cm³/mol. The third-order valence-corrected chi connectivity index (χ3v) is 3.05. The van der Waals surface area contributed by atoms with Crippen LogP contribution in [0.5, 0.6) is 0 Å². The van der Waals surface area contributed by atoms with E-state index in [2.05, 4.69) is 0 Å². The molecule has 0 spiro atoms. The number of epoxide rings is 1. The second-order valence-electron chi connectivity index (χ2n) is 4.00. The Balaban J connectivity index is 2.09. The van der Waals surface area contributed by atoms with Gasteiger partial charge in [0.15, 0.2) is 0 Å². The SMILES string of the molecule is OC(CCl)CC(O)COC(CCl)CC1CO1. The second-order valence-corrected chi connectivity index (χ2v) is 4.62. The number of hydrogen-bond donors (Lipinski definition) is 2. The van der Waals surface area contributed by atoms with Gasteiger partial charge >= 0.3 is 0 Å². The first-order valence-corrected chi connectivity index (χ1v) is 6.43. The molecule has 1 aliphatic heterocycles. The van der Waals surface area contributed by atoms with E-state index < -0.39 is 12.2 Å². The van der Waals surface area contributed by atoms with Crippen LogP contribution in [-0.2, 0) is 9.47 Å². The van der Waals surface area contributed by atoms with Crippen LogP contribution in [0.3, 0.4) is 0 Å². The van der Waals surface area contributed by atoms with Gasteiger partial charge in [0.2, 0.25) is 0 Å². The zero-order valence-corrected chi connectivity index (χ0v) is 10.5. The molecule has 1 aliphatic rings. The predicted octanol–water partition coefficient (Wildman–Crippen LogP) is 0.750. The van der Waals surface area contributed by atoms with Gasteiger partial charge in [-0.1, -0.05) is 0 Å². The highest BCUT2D eigenvalue weighted by Crippen LogP contribution is 2.18. The molecule has 0 bridgehead atoms. The zero-order valence-electron chi connectivity index (χ0n) is 9.02. The maximum Gasteiger partial charge on any atom is 0.0835 e. The van der Waals surface area contributed by atoms with Crippen LogP contribution < -0.4 is 0 Å². The molecule has 4 atom stereocenters. The molecule has 4 unspecified atom stereocenters. The molecule has 0 amide bonds. The topological polar surface area (TPSA) is 62.2 Å². The fourth-order valence-corrected chi connectivity index (χ4v) is 1.71. The van der Waals surface area contributed by atoms with Crippen molar-refractivity contribution in [1.29, 1.82) is 0 Å². The Kier molecular flexibility index (Phi) is 6.96. The van der Waals surface area contributed by atoms with Crippen LogP contribution in [0.25, 0.3) is 0 Å². The van der Waals surface area contributed by atoms with Gasteiger partial charge in [0.1, 0.15) is 0 Å². The quantitative estimate of drug-likeness (QED) is 0.480. The molecule has 96 valence electrons. The number of hydrogen-bond acceptors (Lipinski definition) is 4. The van der Waals surface area contributed by atoms with Crippen LogP contribution in [0.4, 0.5) is 0 Å². The summed E-state index contributed by atoms with van der Waals surface area (Å²) in [6, 6.07) is 0. The fourth-order valence-electron chi connectivity index (χ4n) is 1.37. The van der Waals surface area contributed by atoms with E-state index >= 15 is 0 Å². The smallest absolute Gasteiger partial charge is 0.0835 e. The van der Waals surface area contributed by atoms with E-state index in [-0.39, 0.29) is 31.1 Å². The first-order valence-electron chi connectivity index (χ1n) is 5.37. The Labute approximate surface area is 105 Å². The second kappa shape index (κ2) is 7.69. The van der Waals surface area contributed by atoms with Gasteiger partial charge in [0.05, 0.1) is 37.6 Å². The van der Waals surface area contributed by atoms with E-state index in [1.54, 1.807) is 0 Å². The molecule has 0 aliphatic carbocycles. The van der Waals surface area contributed by atoms with Crippen LogP contribution >= 0.6 is 23.2 Å². The zero-order chi connectivity index (χ0) is 12.0. The van der Waals surface area contributed by atoms with Crippen LogP contribution in [0, 0.1) is 0 Å². The average Bonchev–Trinajstić information content (AvgIpc) is 3.07. The monoisotopic (exact) mass is 272 g/mol. The lowest BCUT2D eigenvalue weighted by Crippen LogP contribution is -2.27. The van der Waals surface area contributed by atoms with E-state index in [0.29, 0.717) is 5.88 Å². The molecular formula is C10H18Cl2O4. The molecule has 6 heteroatoms. The fraction of sp³-hybridized carbons (Fsp3) is 1.00. The summed E-state index contributed by atoms with van der Waals surface area (Å²) >= 11 is 11.1. The van der Waals surface area contributed by atoms with Gasteiger partial charge in [0, 0.05) is 24.6 Å². The van der Waals surface area contributed by atoms with Crippen molar-refractivity contribution in [2.45, 2.75) is 37.3 Å². The molecule has 1 fully saturated rings. The molecule has 0 aromatic rings. The highest BCUT2D eigenvalue weighted by Gasteiger charge is 2.27. The standard InChI is InChI=1S/C10H18Cl2O4/c11-3-7(13)1-8(14)5-15-9(4-12)2-10-6-16-10/h7-10,13-14H,1-6H2. The van der Waals surface area contributed by atoms with Crippen molar-refractivity contribution in [3.63, 3.8) is 0 Å². The number of alkyl halides is 2. The molecule has 1 heterocycles. The Bertz CT molecular complexity index is 190. The summed E-state index contributed by atoms with van der Waals surface area (Å²) in [7, 11) is 0. The van der Waals surface area contributed by atoms with Crippen LogP contribution in [0.15, 0.2) is 0 Å². The van der Waals surface area contributed by atoms with Crippen LogP contribution in [0.2, 0.25) is 0 Å². The Morgan fingerprint density at radius 2 is 1.94 bits per heavy atom. The van der Waals surface area contributed by atoms with E-state index in [1.807, 2.05) is 0 Å². The van der Waals surface area contributed by atoms with Gasteiger partial charge in [-0.2, -0.15) is 0 Å². The van der Waals surface area contributed by atoms with Gasteiger partial charge in [-0.05, 0) is 0 Å². The summed E-state index contributed by atoms with van der Waals surface area (Å²) in [6.07, 6.45) is -0.264. The van der Waals surface area contributed by atoms with E-state index in [1.165, 1.54) is 0 Å². The number of rotatable bonds is 9. The summed E-state index contributed by atoms with van der Waals surface area (Å²) in [4.78, 5) is 0. The largest absolute Gasteiger partial charge is 0.392 e.